The van der Waals surface area contributed by atoms with Gasteiger partial charge in [0.05, 0.1) is 5.69 Å². The molecule has 3 aliphatic rings. The first-order valence-corrected chi connectivity index (χ1v) is 9.01. The molecule has 0 atom stereocenters. The van der Waals surface area contributed by atoms with E-state index in [4.69, 9.17) is 4.98 Å². The van der Waals surface area contributed by atoms with E-state index in [0.29, 0.717) is 0 Å². The van der Waals surface area contributed by atoms with Gasteiger partial charge in [-0.15, -0.1) is 0 Å². The van der Waals surface area contributed by atoms with Gasteiger partial charge in [0, 0.05) is 11.3 Å². The first kappa shape index (κ1) is 14.5. The lowest BCUT2D eigenvalue weighted by atomic mass is 9.97. The molecule has 0 saturated carbocycles. The van der Waals surface area contributed by atoms with Crippen molar-refractivity contribution >= 4 is 23.2 Å². The molecule has 25 heavy (non-hydrogen) atoms. The van der Waals surface area contributed by atoms with Crippen molar-refractivity contribution in [3.8, 4) is 0 Å². The largest absolute Gasteiger partial charge is 0.340 e. The highest BCUT2D eigenvalue weighted by Crippen LogP contribution is 2.40. The van der Waals surface area contributed by atoms with Crippen molar-refractivity contribution in [3.63, 3.8) is 0 Å². The van der Waals surface area contributed by atoms with Crippen molar-refractivity contribution in [1.29, 1.82) is 0 Å². The summed E-state index contributed by atoms with van der Waals surface area (Å²) in [6.07, 6.45) is 17.6. The molecular formula is C23H20N2. The summed E-state index contributed by atoms with van der Waals surface area (Å²) in [6.45, 7) is 0. The van der Waals surface area contributed by atoms with E-state index in [-0.39, 0.29) is 0 Å². The third-order valence-corrected chi connectivity index (χ3v) is 5.23. The fourth-order valence-corrected chi connectivity index (χ4v) is 4.03. The first-order valence-electron chi connectivity index (χ1n) is 9.01. The number of allylic oxidation sites excluding steroid dienone is 7. The van der Waals surface area contributed by atoms with Gasteiger partial charge >= 0.3 is 0 Å². The molecule has 1 heterocycles. The molecule has 0 saturated heterocycles. The Kier molecular flexibility index (Phi) is 3.41. The summed E-state index contributed by atoms with van der Waals surface area (Å²) in [4.78, 5) is 5.11. The van der Waals surface area contributed by atoms with Crippen LogP contribution in [0.3, 0.4) is 0 Å². The predicted octanol–water partition coefficient (Wildman–Crippen LogP) is 5.61. The van der Waals surface area contributed by atoms with Crippen LogP contribution in [0.1, 0.15) is 35.2 Å². The quantitative estimate of drug-likeness (QED) is 0.776. The van der Waals surface area contributed by atoms with Crippen molar-refractivity contribution in [3.05, 3.63) is 88.7 Å². The third kappa shape index (κ3) is 2.54. The Morgan fingerprint density at radius 1 is 0.880 bits per heavy atom. The lowest BCUT2D eigenvalue weighted by Gasteiger charge is -2.17. The van der Waals surface area contributed by atoms with E-state index in [9.17, 15) is 0 Å². The number of hydrogen-bond donors (Lipinski definition) is 1. The number of nitrogens with zero attached hydrogens (tertiary/aromatic N) is 1. The zero-order chi connectivity index (χ0) is 16.6. The van der Waals surface area contributed by atoms with Gasteiger partial charge in [-0.3, -0.25) is 0 Å². The molecule has 1 N–H and O–H groups in total. The molecule has 0 radical (unpaired) electrons. The van der Waals surface area contributed by atoms with Gasteiger partial charge in [-0.05, 0) is 60.1 Å². The SMILES string of the molecule is C1=CC=C2CC(=C1)C=Cc1c2nc(Nc2ccccc2)c2c1CCC2. The van der Waals surface area contributed by atoms with Gasteiger partial charge in [0.25, 0.3) is 0 Å². The average molecular weight is 324 g/mol. The maximum Gasteiger partial charge on any atom is 0.134 e. The van der Waals surface area contributed by atoms with Crippen LogP contribution < -0.4 is 5.32 Å². The second-order valence-electron chi connectivity index (χ2n) is 6.85. The van der Waals surface area contributed by atoms with Crippen LogP contribution in [0.2, 0.25) is 0 Å². The van der Waals surface area contributed by atoms with E-state index in [1.807, 2.05) is 6.07 Å². The molecule has 2 nitrogen and oxygen atoms in total. The molecule has 0 unspecified atom stereocenters. The molecule has 122 valence electrons. The normalized spacial score (nSPS) is 17.1. The molecule has 0 fully saturated rings. The third-order valence-electron chi connectivity index (χ3n) is 5.23. The predicted molar refractivity (Wildman–Crippen MR) is 105 cm³/mol. The van der Waals surface area contributed by atoms with E-state index in [1.165, 1.54) is 34.3 Å². The second kappa shape index (κ2) is 5.89. The van der Waals surface area contributed by atoms with Gasteiger partial charge in [-0.25, -0.2) is 4.98 Å². The van der Waals surface area contributed by atoms with E-state index in [1.54, 1.807) is 0 Å². The number of nitrogens with one attached hydrogen (secondary N) is 1. The fourth-order valence-electron chi connectivity index (χ4n) is 4.03. The molecule has 3 aliphatic carbocycles. The summed E-state index contributed by atoms with van der Waals surface area (Å²) < 4.78 is 0. The molecule has 2 aromatic rings. The van der Waals surface area contributed by atoms with Crippen LogP contribution >= 0.6 is 0 Å². The fraction of sp³-hybridized carbons (Fsp3) is 0.174. The van der Waals surface area contributed by atoms with Crippen LogP contribution in [0.25, 0.3) is 11.6 Å². The Labute approximate surface area is 148 Å². The Balaban J connectivity index is 1.69. The van der Waals surface area contributed by atoms with Crippen molar-refractivity contribution in [2.24, 2.45) is 0 Å². The number of rotatable bonds is 2. The molecule has 0 amide bonds. The zero-order valence-electron chi connectivity index (χ0n) is 14.1. The topological polar surface area (TPSA) is 24.9 Å². The lowest BCUT2D eigenvalue weighted by molar-refractivity contribution is 0.911. The van der Waals surface area contributed by atoms with Crippen molar-refractivity contribution in [2.75, 3.05) is 5.32 Å². The molecule has 2 bridgehead atoms. The number of pyridine rings is 1. The van der Waals surface area contributed by atoms with Crippen molar-refractivity contribution in [2.45, 2.75) is 25.7 Å². The molecule has 2 heteroatoms. The number of fused-ring (bicyclic) bond motifs is 6. The van der Waals surface area contributed by atoms with Crippen LogP contribution in [-0.4, -0.2) is 4.98 Å². The van der Waals surface area contributed by atoms with Crippen LogP contribution in [-0.2, 0) is 12.8 Å². The van der Waals surface area contributed by atoms with Gasteiger partial charge in [0.1, 0.15) is 5.82 Å². The molecule has 0 aliphatic heterocycles. The van der Waals surface area contributed by atoms with Gasteiger partial charge < -0.3 is 5.32 Å². The highest BCUT2D eigenvalue weighted by Gasteiger charge is 2.25. The lowest BCUT2D eigenvalue weighted by Crippen LogP contribution is -2.05. The van der Waals surface area contributed by atoms with Crippen LogP contribution in [0, 0.1) is 0 Å². The van der Waals surface area contributed by atoms with Crippen molar-refractivity contribution in [1.82, 2.24) is 4.98 Å². The molecular weight excluding hydrogens is 304 g/mol. The van der Waals surface area contributed by atoms with E-state index >= 15 is 0 Å². The molecule has 5 rings (SSSR count). The molecule has 0 spiro atoms. The average Bonchev–Trinajstić information content (AvgIpc) is 2.93. The van der Waals surface area contributed by atoms with Crippen LogP contribution in [0.15, 0.2) is 66.3 Å². The molecule has 1 aromatic carbocycles. The molecule has 1 aromatic heterocycles. The van der Waals surface area contributed by atoms with Crippen LogP contribution in [0.5, 0.6) is 0 Å². The number of anilines is 2. The summed E-state index contributed by atoms with van der Waals surface area (Å²) in [5.74, 6) is 1.03. The summed E-state index contributed by atoms with van der Waals surface area (Å²) in [5.41, 5.74) is 9.11. The Bertz CT molecular complexity index is 959. The smallest absolute Gasteiger partial charge is 0.134 e. The summed E-state index contributed by atoms with van der Waals surface area (Å²) in [5, 5.41) is 3.57. The number of hydrogen-bond acceptors (Lipinski definition) is 2. The Hall–Kier alpha value is -2.87. The number of para-hydroxylation sites is 1. The zero-order valence-corrected chi connectivity index (χ0v) is 14.1. The number of aromatic nitrogens is 1. The first-order chi connectivity index (χ1) is 12.4. The highest BCUT2D eigenvalue weighted by molar-refractivity contribution is 5.83. The Morgan fingerprint density at radius 3 is 2.64 bits per heavy atom. The highest BCUT2D eigenvalue weighted by atomic mass is 15.0. The van der Waals surface area contributed by atoms with Gasteiger partial charge in [0.2, 0.25) is 0 Å². The van der Waals surface area contributed by atoms with Gasteiger partial charge in [-0.2, -0.15) is 0 Å². The van der Waals surface area contributed by atoms with Crippen molar-refractivity contribution < 1.29 is 0 Å². The minimum absolute atomic E-state index is 0.951. The van der Waals surface area contributed by atoms with Crippen LogP contribution in [0.4, 0.5) is 11.5 Å². The van der Waals surface area contributed by atoms with Gasteiger partial charge in [0.15, 0.2) is 0 Å². The maximum absolute atomic E-state index is 5.11. The van der Waals surface area contributed by atoms with E-state index < -0.39 is 0 Å². The second-order valence-corrected chi connectivity index (χ2v) is 6.85. The minimum Gasteiger partial charge on any atom is -0.340 e. The van der Waals surface area contributed by atoms with E-state index in [0.717, 1.165) is 36.5 Å². The van der Waals surface area contributed by atoms with Gasteiger partial charge in [-0.1, -0.05) is 54.7 Å². The summed E-state index contributed by atoms with van der Waals surface area (Å²) >= 11 is 0. The summed E-state index contributed by atoms with van der Waals surface area (Å²) in [7, 11) is 0. The van der Waals surface area contributed by atoms with E-state index in [2.05, 4.69) is 66.0 Å². The maximum atomic E-state index is 5.11. The standard InChI is InChI=1S/C23H20N2/c1-2-9-18(10-3-1)24-23-21-12-6-11-19(21)20-14-13-16-7-4-5-8-17(15-16)22(20)25-23/h1-5,7-10,13-14H,6,11-12,15H2,(H,24,25). The number of benzene rings is 1. The Morgan fingerprint density at radius 2 is 1.72 bits per heavy atom. The monoisotopic (exact) mass is 324 g/mol. The summed E-state index contributed by atoms with van der Waals surface area (Å²) in [6, 6.07) is 10.4. The minimum atomic E-state index is 0.951.